The van der Waals surface area contributed by atoms with E-state index in [1.165, 1.54) is 25.7 Å². The van der Waals surface area contributed by atoms with Crippen LogP contribution in [0.2, 0.25) is 5.02 Å². The van der Waals surface area contributed by atoms with Gasteiger partial charge in [0.05, 0.1) is 28.2 Å². The second-order valence-corrected chi connectivity index (χ2v) is 8.75. The lowest BCUT2D eigenvalue weighted by atomic mass is 9.95. The monoisotopic (exact) mass is 419 g/mol. The van der Waals surface area contributed by atoms with Crippen LogP contribution in [-0.2, 0) is 0 Å². The Morgan fingerprint density at radius 3 is 2.80 bits per heavy atom. The second kappa shape index (κ2) is 7.36. The third-order valence-corrected chi connectivity index (χ3v) is 6.50. The van der Waals surface area contributed by atoms with E-state index in [1.54, 1.807) is 18.6 Å². The minimum absolute atomic E-state index is 0.475. The number of piperidine rings is 1. The Labute approximate surface area is 180 Å². The number of hydrogen-bond donors (Lipinski definition) is 2. The summed E-state index contributed by atoms with van der Waals surface area (Å²) in [4.78, 5) is 15.8. The molecule has 5 rings (SSSR count). The van der Waals surface area contributed by atoms with Crippen LogP contribution in [0.25, 0.3) is 11.3 Å². The first kappa shape index (κ1) is 19.0. The molecule has 0 atom stereocenters. The van der Waals surface area contributed by atoms with Crippen molar-refractivity contribution in [2.75, 3.05) is 23.7 Å². The van der Waals surface area contributed by atoms with E-state index in [1.807, 2.05) is 30.3 Å². The van der Waals surface area contributed by atoms with E-state index < -0.39 is 0 Å². The Balaban J connectivity index is 1.48. The van der Waals surface area contributed by atoms with Gasteiger partial charge >= 0.3 is 0 Å². The molecule has 1 spiro atoms. The Bertz CT molecular complexity index is 1110. The van der Waals surface area contributed by atoms with Gasteiger partial charge in [-0.2, -0.15) is 0 Å². The Kier molecular flexibility index (Phi) is 4.66. The molecule has 0 aromatic carbocycles. The maximum Gasteiger partial charge on any atom is 0.232 e. The zero-order valence-corrected chi connectivity index (χ0v) is 17.4. The largest absolute Gasteiger partial charge is 0.397 e. The number of nitrogens with two attached hydrogens (primary N) is 2. The fourth-order valence-corrected chi connectivity index (χ4v) is 4.51. The van der Waals surface area contributed by atoms with Crippen molar-refractivity contribution in [1.29, 1.82) is 0 Å². The van der Waals surface area contributed by atoms with E-state index in [-0.39, 0.29) is 0 Å². The molecule has 152 valence electrons. The number of nitrogen functional groups attached to an aromatic ring is 1. The summed E-state index contributed by atoms with van der Waals surface area (Å²) in [5, 5.41) is 7.20. The van der Waals surface area contributed by atoms with Crippen LogP contribution < -0.4 is 16.0 Å². The van der Waals surface area contributed by atoms with Crippen molar-refractivity contribution in [3.8, 4) is 11.3 Å². The van der Waals surface area contributed by atoms with E-state index in [9.17, 15) is 0 Å². The quantitative estimate of drug-likeness (QED) is 0.634. The van der Waals surface area contributed by atoms with Gasteiger partial charge in [0.15, 0.2) is 0 Å². The predicted molar refractivity (Wildman–Crippen MR) is 119 cm³/mol. The van der Waals surface area contributed by atoms with Crippen molar-refractivity contribution in [3.05, 3.63) is 65.2 Å². The summed E-state index contributed by atoms with van der Waals surface area (Å²) in [5.74, 6) is 0.809. The second-order valence-electron chi connectivity index (χ2n) is 8.34. The van der Waals surface area contributed by atoms with Crippen molar-refractivity contribution in [1.82, 2.24) is 15.0 Å². The van der Waals surface area contributed by atoms with Crippen LogP contribution >= 0.6 is 11.6 Å². The van der Waals surface area contributed by atoms with Gasteiger partial charge in [-0.25, -0.2) is 4.98 Å². The van der Waals surface area contributed by atoms with Crippen LogP contribution in [0.3, 0.4) is 0 Å². The molecule has 0 unspecified atom stereocenters. The Morgan fingerprint density at radius 1 is 1.17 bits per heavy atom. The van der Waals surface area contributed by atoms with E-state index in [4.69, 9.17) is 27.7 Å². The highest BCUT2D eigenvalue weighted by molar-refractivity contribution is 6.33. The number of pyridine rings is 3. The minimum atomic E-state index is 0.475. The molecule has 1 saturated carbocycles. The highest BCUT2D eigenvalue weighted by Gasteiger charge is 2.46. The van der Waals surface area contributed by atoms with Gasteiger partial charge in [-0.1, -0.05) is 11.6 Å². The van der Waals surface area contributed by atoms with E-state index in [0.29, 0.717) is 33.1 Å². The maximum atomic E-state index is 6.55. The van der Waals surface area contributed by atoms with Crippen molar-refractivity contribution < 1.29 is 5.41 Å². The molecular weight excluding hydrogens is 396 g/mol. The SMILES string of the molecule is Nc1cnc(-c2cccnc2)cc1C(=[NH2+])c1ccc(Cl)c(N2CCCC3(CC3)C2)n1. The van der Waals surface area contributed by atoms with Gasteiger partial charge in [0.1, 0.15) is 11.5 Å². The zero-order chi connectivity index (χ0) is 20.7. The topological polar surface area (TPSA) is 93.5 Å². The van der Waals surface area contributed by atoms with Gasteiger partial charge in [0.25, 0.3) is 0 Å². The van der Waals surface area contributed by atoms with Gasteiger partial charge in [-0.3, -0.25) is 15.4 Å². The van der Waals surface area contributed by atoms with E-state index in [0.717, 1.165) is 30.2 Å². The predicted octanol–water partition coefficient (Wildman–Crippen LogP) is 2.75. The van der Waals surface area contributed by atoms with E-state index in [2.05, 4.69) is 14.9 Å². The number of halogens is 1. The van der Waals surface area contributed by atoms with Crippen molar-refractivity contribution in [2.45, 2.75) is 25.7 Å². The fourth-order valence-electron chi connectivity index (χ4n) is 4.29. The number of nitrogens with zero attached hydrogens (tertiary/aromatic N) is 4. The van der Waals surface area contributed by atoms with Crippen LogP contribution in [-0.4, -0.2) is 33.8 Å². The molecule has 3 aromatic heterocycles. The van der Waals surface area contributed by atoms with Crippen LogP contribution in [0.1, 0.15) is 36.9 Å². The Morgan fingerprint density at radius 2 is 2.03 bits per heavy atom. The first-order valence-electron chi connectivity index (χ1n) is 10.3. The summed E-state index contributed by atoms with van der Waals surface area (Å²) in [5.41, 5.74) is 10.7. The maximum absolute atomic E-state index is 6.55. The standard InChI is InChI=1S/C23H23ClN6/c24-17-4-5-19(29-22(17)30-10-2-6-23(14-30)7-8-23)21(26)16-11-20(28-13-18(16)25)15-3-1-9-27-12-15/h1,3-5,9,11-13,26H,2,6-8,10,14,25H2/p+1. The van der Waals surface area contributed by atoms with Crippen LogP contribution in [0.5, 0.6) is 0 Å². The number of rotatable bonds is 4. The molecule has 30 heavy (non-hydrogen) atoms. The van der Waals surface area contributed by atoms with E-state index >= 15 is 0 Å². The lowest BCUT2D eigenvalue weighted by Gasteiger charge is -2.34. The number of hydrogen-bond acceptors (Lipinski definition) is 5. The molecule has 2 fully saturated rings. The molecule has 1 aliphatic carbocycles. The van der Waals surface area contributed by atoms with Gasteiger partial charge < -0.3 is 10.6 Å². The number of aromatic nitrogens is 3. The van der Waals surface area contributed by atoms with Crippen LogP contribution in [0.15, 0.2) is 48.9 Å². The molecular formula is C23H24ClN6+. The lowest BCUT2D eigenvalue weighted by Crippen LogP contribution is -2.42. The summed E-state index contributed by atoms with van der Waals surface area (Å²) in [6.45, 7) is 1.99. The first-order chi connectivity index (χ1) is 14.5. The molecule has 0 bridgehead atoms. The lowest BCUT2D eigenvalue weighted by molar-refractivity contribution is -0.111. The smallest absolute Gasteiger partial charge is 0.232 e. The Hall–Kier alpha value is -2.99. The molecule has 3 aromatic rings. The first-order valence-corrected chi connectivity index (χ1v) is 10.6. The normalized spacial score (nSPS) is 17.2. The van der Waals surface area contributed by atoms with Crippen molar-refractivity contribution in [2.24, 2.45) is 5.41 Å². The summed E-state index contributed by atoms with van der Waals surface area (Å²) in [7, 11) is 0. The number of anilines is 2. The molecule has 1 saturated heterocycles. The average molecular weight is 420 g/mol. The van der Waals surface area contributed by atoms with Gasteiger partial charge in [-0.15, -0.1) is 0 Å². The molecule has 2 aliphatic rings. The highest BCUT2D eigenvalue weighted by Crippen LogP contribution is 2.52. The summed E-state index contributed by atoms with van der Waals surface area (Å²) < 4.78 is 0. The molecule has 4 heterocycles. The fraction of sp³-hybridized carbons (Fsp3) is 0.304. The summed E-state index contributed by atoms with van der Waals surface area (Å²) >= 11 is 6.53. The van der Waals surface area contributed by atoms with Gasteiger partial charge in [0, 0.05) is 31.0 Å². The minimum Gasteiger partial charge on any atom is -0.397 e. The zero-order valence-electron chi connectivity index (χ0n) is 16.7. The average Bonchev–Trinajstić information content (AvgIpc) is 3.52. The van der Waals surface area contributed by atoms with Crippen LogP contribution in [0.4, 0.5) is 11.5 Å². The third kappa shape index (κ3) is 3.52. The van der Waals surface area contributed by atoms with Gasteiger partial charge in [-0.05, 0) is 61.4 Å². The van der Waals surface area contributed by atoms with Crippen molar-refractivity contribution in [3.63, 3.8) is 0 Å². The molecule has 6 nitrogen and oxygen atoms in total. The molecule has 7 heteroatoms. The summed E-state index contributed by atoms with van der Waals surface area (Å²) in [6, 6.07) is 9.44. The molecule has 0 amide bonds. The molecule has 0 radical (unpaired) electrons. The summed E-state index contributed by atoms with van der Waals surface area (Å²) in [6.07, 6.45) is 10.2. The third-order valence-electron chi connectivity index (χ3n) is 6.20. The van der Waals surface area contributed by atoms with Crippen LogP contribution in [0, 0.1) is 5.41 Å². The molecule has 1 aliphatic heterocycles. The van der Waals surface area contributed by atoms with Gasteiger partial charge in [0.2, 0.25) is 5.71 Å². The van der Waals surface area contributed by atoms with Crippen molar-refractivity contribution >= 4 is 28.8 Å². The molecule has 4 N–H and O–H groups in total. The highest BCUT2D eigenvalue weighted by atomic mass is 35.5.